The molecular formula is C13H14FNO3S. The van der Waals surface area contributed by atoms with E-state index in [1.807, 2.05) is 0 Å². The predicted octanol–water partition coefficient (Wildman–Crippen LogP) is 2.01. The van der Waals surface area contributed by atoms with Crippen molar-refractivity contribution in [1.82, 2.24) is 0 Å². The number of fused-ring (bicyclic) bond motifs is 1. The first-order valence-electron chi connectivity index (χ1n) is 6.10. The zero-order valence-electron chi connectivity index (χ0n) is 10.2. The summed E-state index contributed by atoms with van der Waals surface area (Å²) < 4.78 is 41.9. The van der Waals surface area contributed by atoms with Crippen LogP contribution in [0.15, 0.2) is 28.7 Å². The maximum absolute atomic E-state index is 13.5. The largest absolute Gasteiger partial charge is 0.456 e. The number of hydrogen-bond acceptors (Lipinski definition) is 4. The number of furan rings is 1. The molecule has 1 aliphatic rings. The number of rotatable bonds is 2. The van der Waals surface area contributed by atoms with Crippen LogP contribution in [0.1, 0.15) is 18.2 Å². The summed E-state index contributed by atoms with van der Waals surface area (Å²) in [7, 11) is -2.98. The minimum Gasteiger partial charge on any atom is -0.456 e. The summed E-state index contributed by atoms with van der Waals surface area (Å²) in [5.41, 5.74) is 6.23. The van der Waals surface area contributed by atoms with Crippen LogP contribution in [0.2, 0.25) is 0 Å². The third kappa shape index (κ3) is 2.26. The fourth-order valence-corrected chi connectivity index (χ4v) is 4.41. The molecule has 2 unspecified atom stereocenters. The molecule has 19 heavy (non-hydrogen) atoms. The van der Waals surface area contributed by atoms with Gasteiger partial charge < -0.3 is 10.2 Å². The summed E-state index contributed by atoms with van der Waals surface area (Å²) in [5, 5.41) is 0.645. The maximum atomic E-state index is 13.5. The highest BCUT2D eigenvalue weighted by Gasteiger charge is 2.34. The van der Waals surface area contributed by atoms with Crippen LogP contribution in [0.25, 0.3) is 11.0 Å². The molecule has 2 N–H and O–H groups in total. The van der Waals surface area contributed by atoms with Crippen molar-refractivity contribution in [2.45, 2.75) is 12.5 Å². The molecule has 1 saturated heterocycles. The molecule has 1 fully saturated rings. The molecule has 0 amide bonds. The number of para-hydroxylation sites is 1. The summed E-state index contributed by atoms with van der Waals surface area (Å²) in [6, 6.07) is 5.84. The van der Waals surface area contributed by atoms with Crippen LogP contribution in [0.5, 0.6) is 0 Å². The lowest BCUT2D eigenvalue weighted by atomic mass is 9.98. The van der Waals surface area contributed by atoms with Gasteiger partial charge in [-0.25, -0.2) is 12.8 Å². The van der Waals surface area contributed by atoms with Crippen molar-refractivity contribution >= 4 is 20.8 Å². The van der Waals surface area contributed by atoms with Gasteiger partial charge in [-0.15, -0.1) is 0 Å². The van der Waals surface area contributed by atoms with E-state index in [9.17, 15) is 12.8 Å². The topological polar surface area (TPSA) is 73.3 Å². The summed E-state index contributed by atoms with van der Waals surface area (Å²) in [5.74, 6) is 0.0963. The first-order valence-corrected chi connectivity index (χ1v) is 7.92. The number of halogens is 1. The van der Waals surface area contributed by atoms with E-state index in [0.717, 1.165) is 0 Å². The van der Waals surface area contributed by atoms with Crippen molar-refractivity contribution in [3.05, 3.63) is 35.8 Å². The molecule has 2 atom stereocenters. The second kappa shape index (κ2) is 4.31. The van der Waals surface area contributed by atoms with E-state index in [0.29, 0.717) is 17.6 Å². The summed E-state index contributed by atoms with van der Waals surface area (Å²) >= 11 is 0. The monoisotopic (exact) mass is 283 g/mol. The van der Waals surface area contributed by atoms with Crippen LogP contribution in [0, 0.1) is 11.7 Å². The Morgan fingerprint density at radius 2 is 2.21 bits per heavy atom. The smallest absolute Gasteiger partial charge is 0.169 e. The lowest BCUT2D eigenvalue weighted by molar-refractivity contribution is 0.397. The third-order valence-corrected chi connectivity index (χ3v) is 5.41. The molecule has 3 rings (SSSR count). The first kappa shape index (κ1) is 12.6. The Morgan fingerprint density at radius 1 is 1.42 bits per heavy atom. The number of sulfone groups is 1. The van der Waals surface area contributed by atoms with Crippen molar-refractivity contribution in [3.63, 3.8) is 0 Å². The Kier molecular flexibility index (Phi) is 2.87. The normalized spacial score (nSPS) is 23.8. The first-order chi connectivity index (χ1) is 8.96. The molecule has 1 aromatic carbocycles. The zero-order chi connectivity index (χ0) is 13.6. The van der Waals surface area contributed by atoms with Gasteiger partial charge in [0.2, 0.25) is 0 Å². The highest BCUT2D eigenvalue weighted by Crippen LogP contribution is 2.33. The minimum absolute atomic E-state index is 0.0771. The average Bonchev–Trinajstić information content (AvgIpc) is 2.92. The molecule has 2 aromatic rings. The van der Waals surface area contributed by atoms with Crippen molar-refractivity contribution in [2.24, 2.45) is 11.7 Å². The Labute approximate surface area is 110 Å². The minimum atomic E-state index is -2.98. The van der Waals surface area contributed by atoms with Crippen molar-refractivity contribution in [2.75, 3.05) is 11.5 Å². The quantitative estimate of drug-likeness (QED) is 0.915. The van der Waals surface area contributed by atoms with Crippen LogP contribution in [0.3, 0.4) is 0 Å². The van der Waals surface area contributed by atoms with E-state index in [2.05, 4.69) is 0 Å². The van der Waals surface area contributed by atoms with Crippen LogP contribution < -0.4 is 5.73 Å². The highest BCUT2D eigenvalue weighted by molar-refractivity contribution is 7.91. The van der Waals surface area contributed by atoms with Gasteiger partial charge in [-0.05, 0) is 24.5 Å². The molecule has 0 radical (unpaired) electrons. The van der Waals surface area contributed by atoms with Gasteiger partial charge in [-0.1, -0.05) is 12.1 Å². The molecule has 1 aliphatic heterocycles. The number of nitrogens with two attached hydrogens (primary N) is 1. The lowest BCUT2D eigenvalue weighted by Gasteiger charge is -2.14. The molecule has 6 heteroatoms. The van der Waals surface area contributed by atoms with E-state index >= 15 is 0 Å². The second-order valence-electron chi connectivity index (χ2n) is 5.00. The molecule has 0 saturated carbocycles. The van der Waals surface area contributed by atoms with E-state index in [4.69, 9.17) is 10.2 Å². The summed E-state index contributed by atoms with van der Waals surface area (Å²) in [6.45, 7) is 0. The third-order valence-electron chi connectivity index (χ3n) is 3.62. The van der Waals surface area contributed by atoms with Gasteiger partial charge in [0.05, 0.1) is 17.5 Å². The van der Waals surface area contributed by atoms with Crippen molar-refractivity contribution < 1.29 is 17.2 Å². The molecule has 0 bridgehead atoms. The summed E-state index contributed by atoms with van der Waals surface area (Å²) in [4.78, 5) is 0. The van der Waals surface area contributed by atoms with Crippen LogP contribution in [-0.2, 0) is 9.84 Å². The van der Waals surface area contributed by atoms with E-state index in [1.165, 1.54) is 6.07 Å². The van der Waals surface area contributed by atoms with Gasteiger partial charge in [-0.2, -0.15) is 0 Å². The Balaban J connectivity index is 1.94. The molecular weight excluding hydrogens is 269 g/mol. The van der Waals surface area contributed by atoms with Gasteiger partial charge in [-0.3, -0.25) is 0 Å². The molecule has 2 heterocycles. The summed E-state index contributed by atoms with van der Waals surface area (Å²) in [6.07, 6.45) is 0.531. The van der Waals surface area contributed by atoms with Gasteiger partial charge in [0.25, 0.3) is 0 Å². The van der Waals surface area contributed by atoms with Crippen LogP contribution >= 0.6 is 0 Å². The van der Waals surface area contributed by atoms with Gasteiger partial charge in [0, 0.05) is 5.39 Å². The average molecular weight is 283 g/mol. The van der Waals surface area contributed by atoms with E-state index in [1.54, 1.807) is 18.2 Å². The fraction of sp³-hybridized carbons (Fsp3) is 0.385. The Hall–Kier alpha value is -1.40. The molecule has 4 nitrogen and oxygen atoms in total. The Morgan fingerprint density at radius 3 is 2.84 bits per heavy atom. The van der Waals surface area contributed by atoms with Crippen LogP contribution in [0.4, 0.5) is 4.39 Å². The fourth-order valence-electron chi connectivity index (χ4n) is 2.55. The molecule has 102 valence electrons. The van der Waals surface area contributed by atoms with Crippen molar-refractivity contribution in [1.29, 1.82) is 0 Å². The van der Waals surface area contributed by atoms with Gasteiger partial charge in [0.15, 0.2) is 21.2 Å². The van der Waals surface area contributed by atoms with Crippen LogP contribution in [-0.4, -0.2) is 19.9 Å². The van der Waals surface area contributed by atoms with E-state index < -0.39 is 21.7 Å². The lowest BCUT2D eigenvalue weighted by Crippen LogP contribution is -2.21. The van der Waals surface area contributed by atoms with E-state index in [-0.39, 0.29) is 23.0 Å². The van der Waals surface area contributed by atoms with Gasteiger partial charge >= 0.3 is 0 Å². The standard InChI is InChI=1S/C13H14FNO3S/c14-10-3-1-2-8-6-11(18-13(8)10)12(15)9-4-5-19(16,17)7-9/h1-3,6,9,12H,4-5,7,15H2. The SMILES string of the molecule is NC(c1cc2cccc(F)c2o1)C1CCS(=O)(=O)C1. The number of hydrogen-bond donors (Lipinski definition) is 1. The maximum Gasteiger partial charge on any atom is 0.169 e. The molecule has 1 aromatic heterocycles. The van der Waals surface area contributed by atoms with Gasteiger partial charge in [0.1, 0.15) is 5.76 Å². The Bertz CT molecular complexity index is 723. The second-order valence-corrected chi connectivity index (χ2v) is 7.22. The predicted molar refractivity (Wildman–Crippen MR) is 69.9 cm³/mol. The molecule has 0 aliphatic carbocycles. The number of benzene rings is 1. The zero-order valence-corrected chi connectivity index (χ0v) is 11.0. The molecule has 0 spiro atoms. The van der Waals surface area contributed by atoms with Crippen molar-refractivity contribution in [3.8, 4) is 0 Å². The highest BCUT2D eigenvalue weighted by atomic mass is 32.2.